The highest BCUT2D eigenvalue weighted by atomic mass is 16.6. The lowest BCUT2D eigenvalue weighted by Crippen LogP contribution is -2.44. The molecule has 0 spiro atoms. The van der Waals surface area contributed by atoms with E-state index in [0.717, 1.165) is 56.2 Å². The number of hydrogen-bond acceptors (Lipinski definition) is 6. The third kappa shape index (κ3) is 6.16. The predicted octanol–water partition coefficient (Wildman–Crippen LogP) is 5.43. The fraction of sp³-hybridized carbons (Fsp3) is 0.467. The van der Waals surface area contributed by atoms with Crippen molar-refractivity contribution in [3.8, 4) is 16.9 Å². The van der Waals surface area contributed by atoms with Gasteiger partial charge in [-0.2, -0.15) is 0 Å². The van der Waals surface area contributed by atoms with Crippen LogP contribution in [0.1, 0.15) is 33.6 Å². The fourth-order valence-corrected chi connectivity index (χ4v) is 5.01. The van der Waals surface area contributed by atoms with Crippen molar-refractivity contribution in [2.75, 3.05) is 51.2 Å². The van der Waals surface area contributed by atoms with E-state index < -0.39 is 5.60 Å². The van der Waals surface area contributed by atoms with Gasteiger partial charge in [0.2, 0.25) is 0 Å². The van der Waals surface area contributed by atoms with Gasteiger partial charge in [0, 0.05) is 63.7 Å². The molecule has 2 fully saturated rings. The van der Waals surface area contributed by atoms with Crippen LogP contribution in [0, 0.1) is 0 Å². The van der Waals surface area contributed by atoms with E-state index >= 15 is 0 Å². The van der Waals surface area contributed by atoms with Gasteiger partial charge in [0.05, 0.1) is 0 Å². The molecule has 196 valence electrons. The minimum atomic E-state index is -0.471. The SMILES string of the molecule is CN1CCN(c2nccc3cc(-c4ccc(OC5CCN(C(=O)OC(C)(C)C)CC5)cc4)ccc23)CC1. The van der Waals surface area contributed by atoms with Crippen LogP contribution in [0.25, 0.3) is 21.9 Å². The number of nitrogens with zero attached hydrogens (tertiary/aromatic N) is 4. The highest BCUT2D eigenvalue weighted by Crippen LogP contribution is 2.31. The summed E-state index contributed by atoms with van der Waals surface area (Å²) < 4.78 is 11.7. The number of fused-ring (bicyclic) bond motifs is 1. The molecule has 2 aliphatic rings. The quantitative estimate of drug-likeness (QED) is 0.474. The number of aromatic nitrogens is 1. The van der Waals surface area contributed by atoms with Crippen LogP contribution in [0.15, 0.2) is 54.7 Å². The lowest BCUT2D eigenvalue weighted by molar-refractivity contribution is 0.0126. The minimum Gasteiger partial charge on any atom is -0.490 e. The molecule has 7 heteroatoms. The van der Waals surface area contributed by atoms with E-state index in [4.69, 9.17) is 14.5 Å². The number of ether oxygens (including phenoxy) is 2. The second kappa shape index (κ2) is 10.6. The first-order chi connectivity index (χ1) is 17.7. The van der Waals surface area contributed by atoms with Gasteiger partial charge in [0.1, 0.15) is 23.3 Å². The van der Waals surface area contributed by atoms with Gasteiger partial charge in [-0.1, -0.05) is 24.3 Å². The number of benzene rings is 2. The number of carbonyl (C=O) groups is 1. The number of hydrogen-bond donors (Lipinski definition) is 0. The molecule has 1 aromatic heterocycles. The van der Waals surface area contributed by atoms with Crippen molar-refractivity contribution in [3.63, 3.8) is 0 Å². The molecule has 2 saturated heterocycles. The van der Waals surface area contributed by atoms with Crippen LogP contribution >= 0.6 is 0 Å². The number of amides is 1. The van der Waals surface area contributed by atoms with Crippen LogP contribution < -0.4 is 9.64 Å². The first-order valence-electron chi connectivity index (χ1n) is 13.3. The van der Waals surface area contributed by atoms with Gasteiger partial charge in [-0.15, -0.1) is 0 Å². The standard InChI is InChI=1S/C30H38N4O3/c1-30(2,3)37-29(35)34-15-12-26(13-16-34)36-25-8-5-22(6-9-25)23-7-10-27-24(21-23)11-14-31-28(27)33-19-17-32(4)18-20-33/h5-11,14,21,26H,12-13,15-20H2,1-4H3. The first-order valence-corrected chi connectivity index (χ1v) is 13.3. The average molecular weight is 503 g/mol. The average Bonchev–Trinajstić information content (AvgIpc) is 2.88. The van der Waals surface area contributed by atoms with Gasteiger partial charge in [-0.25, -0.2) is 9.78 Å². The zero-order valence-electron chi connectivity index (χ0n) is 22.4. The summed E-state index contributed by atoms with van der Waals surface area (Å²) in [5, 5.41) is 2.41. The van der Waals surface area contributed by atoms with E-state index in [-0.39, 0.29) is 12.2 Å². The Morgan fingerprint density at radius 3 is 2.24 bits per heavy atom. The maximum absolute atomic E-state index is 12.3. The van der Waals surface area contributed by atoms with Crippen molar-refractivity contribution in [1.29, 1.82) is 0 Å². The van der Waals surface area contributed by atoms with Crippen molar-refractivity contribution in [3.05, 3.63) is 54.7 Å². The fourth-order valence-electron chi connectivity index (χ4n) is 5.01. The molecule has 0 aliphatic carbocycles. The molecule has 1 amide bonds. The normalized spacial score (nSPS) is 17.7. The van der Waals surface area contributed by atoms with Gasteiger partial charge in [-0.3, -0.25) is 0 Å². The van der Waals surface area contributed by atoms with E-state index in [0.29, 0.717) is 13.1 Å². The van der Waals surface area contributed by atoms with Crippen LogP contribution in [0.5, 0.6) is 5.75 Å². The number of pyridine rings is 1. The molecule has 3 aromatic rings. The van der Waals surface area contributed by atoms with Crippen LogP contribution in [-0.4, -0.2) is 78.9 Å². The van der Waals surface area contributed by atoms with E-state index in [1.54, 1.807) is 4.90 Å². The summed E-state index contributed by atoms with van der Waals surface area (Å²) in [5.74, 6) is 1.94. The number of likely N-dealkylation sites (tertiary alicyclic amines) is 1. The summed E-state index contributed by atoms with van der Waals surface area (Å²) in [7, 11) is 2.17. The highest BCUT2D eigenvalue weighted by Gasteiger charge is 2.27. The van der Waals surface area contributed by atoms with Crippen LogP contribution in [0.3, 0.4) is 0 Å². The third-order valence-electron chi connectivity index (χ3n) is 7.13. The second-order valence-electron chi connectivity index (χ2n) is 11.2. The van der Waals surface area contributed by atoms with Gasteiger partial charge in [-0.05, 0) is 68.6 Å². The Morgan fingerprint density at radius 1 is 0.892 bits per heavy atom. The van der Waals surface area contributed by atoms with E-state index in [1.165, 1.54) is 16.3 Å². The topological polar surface area (TPSA) is 58.1 Å². The number of carbonyl (C=O) groups excluding carboxylic acids is 1. The van der Waals surface area contributed by atoms with Crippen molar-refractivity contribution < 1.29 is 14.3 Å². The number of likely N-dealkylation sites (N-methyl/N-ethyl adjacent to an activating group) is 1. The van der Waals surface area contributed by atoms with Gasteiger partial charge in [0.15, 0.2) is 0 Å². The zero-order valence-corrected chi connectivity index (χ0v) is 22.4. The Kier molecular flexibility index (Phi) is 7.24. The molecule has 3 heterocycles. The molecule has 0 radical (unpaired) electrons. The lowest BCUT2D eigenvalue weighted by Gasteiger charge is -2.33. The number of piperidine rings is 1. The molecule has 0 saturated carbocycles. The molecule has 37 heavy (non-hydrogen) atoms. The summed E-state index contributed by atoms with van der Waals surface area (Å²) >= 11 is 0. The van der Waals surface area contributed by atoms with Crippen LogP contribution in [-0.2, 0) is 4.74 Å². The molecule has 2 aliphatic heterocycles. The molecule has 0 unspecified atom stereocenters. The molecule has 5 rings (SSSR count). The molecule has 0 bridgehead atoms. The monoisotopic (exact) mass is 502 g/mol. The molecule has 0 atom stereocenters. The molecule has 7 nitrogen and oxygen atoms in total. The number of rotatable bonds is 4. The zero-order chi connectivity index (χ0) is 26.0. The summed E-state index contributed by atoms with van der Waals surface area (Å²) in [5.41, 5.74) is 1.87. The molecule has 2 aromatic carbocycles. The van der Waals surface area contributed by atoms with Crippen molar-refractivity contribution >= 4 is 22.7 Å². The highest BCUT2D eigenvalue weighted by molar-refractivity contribution is 5.95. The maximum Gasteiger partial charge on any atom is 0.410 e. The van der Waals surface area contributed by atoms with Crippen LogP contribution in [0.2, 0.25) is 0 Å². The maximum atomic E-state index is 12.3. The second-order valence-corrected chi connectivity index (χ2v) is 11.2. The van der Waals surface area contributed by atoms with Crippen molar-refractivity contribution in [2.24, 2.45) is 0 Å². The van der Waals surface area contributed by atoms with E-state index in [1.807, 2.05) is 39.1 Å². The summed E-state index contributed by atoms with van der Waals surface area (Å²) in [4.78, 5) is 23.5. The summed E-state index contributed by atoms with van der Waals surface area (Å²) in [6.45, 7) is 11.1. The predicted molar refractivity (Wildman–Crippen MR) is 148 cm³/mol. The Labute approximate surface area is 220 Å². The molecule has 0 N–H and O–H groups in total. The van der Waals surface area contributed by atoms with Crippen LogP contribution in [0.4, 0.5) is 10.6 Å². The largest absolute Gasteiger partial charge is 0.490 e. The van der Waals surface area contributed by atoms with Gasteiger partial charge >= 0.3 is 6.09 Å². The summed E-state index contributed by atoms with van der Waals surface area (Å²) in [6.07, 6.45) is 3.39. The first kappa shape index (κ1) is 25.3. The Hall–Kier alpha value is -3.32. The van der Waals surface area contributed by atoms with E-state index in [2.05, 4.69) is 53.2 Å². The number of piperazine rings is 1. The Balaban J connectivity index is 1.21. The number of anilines is 1. The Morgan fingerprint density at radius 2 is 1.57 bits per heavy atom. The molecular formula is C30H38N4O3. The minimum absolute atomic E-state index is 0.103. The van der Waals surface area contributed by atoms with Gasteiger partial charge in [0.25, 0.3) is 0 Å². The Bertz CT molecular complexity index is 1220. The smallest absolute Gasteiger partial charge is 0.410 e. The third-order valence-corrected chi connectivity index (χ3v) is 7.13. The van der Waals surface area contributed by atoms with Crippen molar-refractivity contribution in [1.82, 2.24) is 14.8 Å². The van der Waals surface area contributed by atoms with Gasteiger partial charge < -0.3 is 24.2 Å². The molecular weight excluding hydrogens is 464 g/mol. The summed E-state index contributed by atoms with van der Waals surface area (Å²) in [6, 6.07) is 17.1. The lowest BCUT2D eigenvalue weighted by atomic mass is 10.0. The van der Waals surface area contributed by atoms with E-state index in [9.17, 15) is 4.79 Å². The van der Waals surface area contributed by atoms with Crippen molar-refractivity contribution in [2.45, 2.75) is 45.3 Å².